The maximum atomic E-state index is 11.8. The van der Waals surface area contributed by atoms with E-state index in [0.29, 0.717) is 23.2 Å². The van der Waals surface area contributed by atoms with Gasteiger partial charge >= 0.3 is 0 Å². The average Bonchev–Trinajstić information content (AvgIpc) is 2.36. The minimum absolute atomic E-state index is 0.128. The second-order valence-corrected chi connectivity index (χ2v) is 6.88. The fourth-order valence-electron chi connectivity index (χ4n) is 3.53. The molecule has 1 aromatic rings. The lowest BCUT2D eigenvalue weighted by Crippen LogP contribution is -2.51. The van der Waals surface area contributed by atoms with Gasteiger partial charge in [-0.2, -0.15) is 0 Å². The van der Waals surface area contributed by atoms with Crippen molar-refractivity contribution in [3.05, 3.63) is 28.3 Å². The summed E-state index contributed by atoms with van der Waals surface area (Å²) in [5, 5.41) is 0.645. The van der Waals surface area contributed by atoms with Crippen LogP contribution in [0.4, 0.5) is 5.69 Å². The van der Waals surface area contributed by atoms with Gasteiger partial charge in [-0.1, -0.05) is 11.6 Å². The van der Waals surface area contributed by atoms with Crippen molar-refractivity contribution < 1.29 is 4.79 Å². The number of piperidine rings is 1. The lowest BCUT2D eigenvalue weighted by molar-refractivity contribution is -0.136. The fourth-order valence-corrected chi connectivity index (χ4v) is 3.77. The van der Waals surface area contributed by atoms with Crippen molar-refractivity contribution in [1.82, 2.24) is 4.90 Å². The molecule has 1 amide bonds. The predicted molar refractivity (Wildman–Crippen MR) is 87.2 cm³/mol. The van der Waals surface area contributed by atoms with Crippen LogP contribution in [0.3, 0.4) is 0 Å². The summed E-state index contributed by atoms with van der Waals surface area (Å²) in [5.41, 5.74) is 14.5. The van der Waals surface area contributed by atoms with Gasteiger partial charge in [0.15, 0.2) is 0 Å². The molecule has 1 aliphatic heterocycles. The molecule has 0 aromatic heterocycles. The molecule has 1 aliphatic rings. The predicted octanol–water partition coefficient (Wildman–Crippen LogP) is 2.89. The number of amides is 1. The molecule has 0 aliphatic carbocycles. The van der Waals surface area contributed by atoms with Gasteiger partial charge in [-0.25, -0.2) is 0 Å². The summed E-state index contributed by atoms with van der Waals surface area (Å²) in [7, 11) is 0. The highest BCUT2D eigenvalue weighted by Crippen LogP contribution is 2.40. The standard InChI is InChI=1S/C16H24ClN3O/c1-10(21)20-5-4-11(8-16(20,2)3)13-6-12(17)7-15(19)14(13)9-18/h6-7,11H,4-5,8-9,18-19H2,1-3H3. The topological polar surface area (TPSA) is 72.3 Å². The second-order valence-electron chi connectivity index (χ2n) is 6.44. The molecule has 2 rings (SSSR count). The van der Waals surface area contributed by atoms with Gasteiger partial charge in [0.05, 0.1) is 0 Å². The first-order valence-corrected chi connectivity index (χ1v) is 7.70. The van der Waals surface area contributed by atoms with E-state index in [0.717, 1.165) is 30.5 Å². The Labute approximate surface area is 131 Å². The largest absolute Gasteiger partial charge is 0.398 e. The number of nitrogens with two attached hydrogens (primary N) is 2. The van der Waals surface area contributed by atoms with Crippen molar-refractivity contribution in [3.8, 4) is 0 Å². The van der Waals surface area contributed by atoms with E-state index in [2.05, 4.69) is 13.8 Å². The smallest absolute Gasteiger partial charge is 0.219 e. The normalized spacial score (nSPS) is 21.4. The number of rotatable bonds is 2. The first-order valence-electron chi connectivity index (χ1n) is 7.32. The number of hydrogen-bond donors (Lipinski definition) is 2. The summed E-state index contributed by atoms with van der Waals surface area (Å²) in [6.45, 7) is 7.01. The Kier molecular flexibility index (Phi) is 4.49. The van der Waals surface area contributed by atoms with Crippen LogP contribution in [0.1, 0.15) is 50.7 Å². The highest BCUT2D eigenvalue weighted by Gasteiger charge is 2.37. The second kappa shape index (κ2) is 5.85. The highest BCUT2D eigenvalue weighted by molar-refractivity contribution is 6.31. The number of anilines is 1. The molecule has 1 unspecified atom stereocenters. The molecule has 1 heterocycles. The maximum absolute atomic E-state index is 11.8. The molecule has 1 atom stereocenters. The molecule has 0 bridgehead atoms. The van der Waals surface area contributed by atoms with Crippen molar-refractivity contribution in [2.75, 3.05) is 12.3 Å². The Balaban J connectivity index is 2.35. The molecule has 1 saturated heterocycles. The lowest BCUT2D eigenvalue weighted by atomic mass is 9.77. The molecule has 1 fully saturated rings. The number of nitrogen functional groups attached to an aromatic ring is 1. The Bertz CT molecular complexity index is 557. The van der Waals surface area contributed by atoms with E-state index in [4.69, 9.17) is 23.1 Å². The molecule has 0 radical (unpaired) electrons. The van der Waals surface area contributed by atoms with Crippen LogP contribution < -0.4 is 11.5 Å². The van der Waals surface area contributed by atoms with Crippen LogP contribution in [0, 0.1) is 0 Å². The van der Waals surface area contributed by atoms with Gasteiger partial charge in [0, 0.05) is 36.3 Å². The molecule has 116 valence electrons. The van der Waals surface area contributed by atoms with Crippen molar-refractivity contribution >= 4 is 23.2 Å². The molecule has 0 saturated carbocycles. The molecular formula is C16H24ClN3O. The maximum Gasteiger partial charge on any atom is 0.219 e. The number of carbonyl (C=O) groups is 1. The van der Waals surface area contributed by atoms with E-state index < -0.39 is 0 Å². The summed E-state index contributed by atoms with van der Waals surface area (Å²) in [4.78, 5) is 13.7. The molecule has 5 heteroatoms. The lowest BCUT2D eigenvalue weighted by Gasteiger charge is -2.46. The Morgan fingerprint density at radius 2 is 2.14 bits per heavy atom. The third kappa shape index (κ3) is 3.16. The molecular weight excluding hydrogens is 286 g/mol. The van der Waals surface area contributed by atoms with Crippen molar-refractivity contribution in [2.45, 2.75) is 51.6 Å². The first kappa shape index (κ1) is 16.1. The van der Waals surface area contributed by atoms with Crippen molar-refractivity contribution in [3.63, 3.8) is 0 Å². The van der Waals surface area contributed by atoms with Gasteiger partial charge in [0.2, 0.25) is 5.91 Å². The van der Waals surface area contributed by atoms with Crippen LogP contribution in [0.5, 0.6) is 0 Å². The summed E-state index contributed by atoms with van der Waals surface area (Å²) in [6.07, 6.45) is 1.80. The Morgan fingerprint density at radius 1 is 1.48 bits per heavy atom. The van der Waals surface area contributed by atoms with E-state index in [1.54, 1.807) is 13.0 Å². The minimum Gasteiger partial charge on any atom is -0.398 e. The summed E-state index contributed by atoms with van der Waals surface area (Å²) in [5.74, 6) is 0.457. The van der Waals surface area contributed by atoms with Crippen LogP contribution in [0.2, 0.25) is 5.02 Å². The molecule has 0 spiro atoms. The third-order valence-corrected chi connectivity index (χ3v) is 4.70. The molecule has 4 N–H and O–H groups in total. The Hall–Kier alpha value is -1.26. The monoisotopic (exact) mass is 309 g/mol. The number of likely N-dealkylation sites (tertiary alicyclic amines) is 1. The van der Waals surface area contributed by atoms with E-state index >= 15 is 0 Å². The number of hydrogen-bond acceptors (Lipinski definition) is 3. The third-order valence-electron chi connectivity index (χ3n) is 4.49. The fraction of sp³-hybridized carbons (Fsp3) is 0.562. The van der Waals surface area contributed by atoms with Gasteiger partial charge in [-0.3, -0.25) is 4.79 Å². The number of nitrogens with zero attached hydrogens (tertiary/aromatic N) is 1. The van der Waals surface area contributed by atoms with Gasteiger partial charge < -0.3 is 16.4 Å². The molecule has 4 nitrogen and oxygen atoms in total. The summed E-state index contributed by atoms with van der Waals surface area (Å²) >= 11 is 6.16. The van der Waals surface area contributed by atoms with Gasteiger partial charge in [-0.15, -0.1) is 0 Å². The van der Waals surface area contributed by atoms with Crippen LogP contribution >= 0.6 is 11.6 Å². The van der Waals surface area contributed by atoms with Crippen LogP contribution in [-0.2, 0) is 11.3 Å². The zero-order valence-corrected chi connectivity index (χ0v) is 13.7. The van der Waals surface area contributed by atoms with Crippen LogP contribution in [0.15, 0.2) is 12.1 Å². The van der Waals surface area contributed by atoms with Crippen molar-refractivity contribution in [1.29, 1.82) is 0 Å². The van der Waals surface area contributed by atoms with Crippen LogP contribution in [-0.4, -0.2) is 22.9 Å². The minimum atomic E-state index is -0.169. The van der Waals surface area contributed by atoms with E-state index in [-0.39, 0.29) is 11.4 Å². The quantitative estimate of drug-likeness (QED) is 0.825. The van der Waals surface area contributed by atoms with Gasteiger partial charge in [0.25, 0.3) is 0 Å². The van der Waals surface area contributed by atoms with Crippen molar-refractivity contribution in [2.24, 2.45) is 5.73 Å². The molecule has 1 aromatic carbocycles. The zero-order valence-electron chi connectivity index (χ0n) is 12.9. The Morgan fingerprint density at radius 3 is 2.67 bits per heavy atom. The summed E-state index contributed by atoms with van der Waals surface area (Å²) < 4.78 is 0. The first-order chi connectivity index (χ1) is 9.76. The van der Waals surface area contributed by atoms with E-state index in [9.17, 15) is 4.79 Å². The summed E-state index contributed by atoms with van der Waals surface area (Å²) in [6, 6.07) is 3.73. The zero-order chi connectivity index (χ0) is 15.8. The van der Waals surface area contributed by atoms with Gasteiger partial charge in [-0.05, 0) is 55.9 Å². The SMILES string of the molecule is CC(=O)N1CCC(c2cc(Cl)cc(N)c2CN)CC1(C)C. The highest BCUT2D eigenvalue weighted by atomic mass is 35.5. The van der Waals surface area contributed by atoms with Gasteiger partial charge in [0.1, 0.15) is 0 Å². The average molecular weight is 310 g/mol. The number of halogens is 1. The number of benzene rings is 1. The van der Waals surface area contributed by atoms with Crippen LogP contribution in [0.25, 0.3) is 0 Å². The number of carbonyl (C=O) groups excluding carboxylic acids is 1. The van der Waals surface area contributed by atoms with E-state index in [1.165, 1.54) is 0 Å². The molecule has 21 heavy (non-hydrogen) atoms. The van der Waals surface area contributed by atoms with E-state index in [1.807, 2.05) is 11.0 Å².